The second-order valence-electron chi connectivity index (χ2n) is 8.21. The Balaban J connectivity index is 1.95. The van der Waals surface area contributed by atoms with E-state index in [4.69, 9.17) is 9.47 Å². The standard InChI is InChI=1S/C23H42O4/c1-4-5-6-7-8-9-10-11-12-13-14-15-16-17-18-21-22(27-20(3)24)19(2)26-23(21)25/h19,21-22H,4-18H2,1-3H3/t19-,21+,22-/m0/s1. The van der Waals surface area contributed by atoms with Gasteiger partial charge < -0.3 is 9.47 Å². The van der Waals surface area contributed by atoms with Crippen molar-refractivity contribution in [2.24, 2.45) is 5.92 Å². The zero-order valence-electron chi connectivity index (χ0n) is 18.0. The first-order valence-electron chi connectivity index (χ1n) is 11.4. The molecule has 0 radical (unpaired) electrons. The molecule has 0 N–H and O–H groups in total. The minimum atomic E-state index is -0.406. The average Bonchev–Trinajstić information content (AvgIpc) is 2.88. The Morgan fingerprint density at radius 3 is 1.74 bits per heavy atom. The monoisotopic (exact) mass is 382 g/mol. The summed E-state index contributed by atoms with van der Waals surface area (Å²) in [7, 11) is 0. The van der Waals surface area contributed by atoms with Crippen LogP contribution in [-0.4, -0.2) is 24.1 Å². The van der Waals surface area contributed by atoms with Crippen molar-refractivity contribution in [3.8, 4) is 0 Å². The minimum absolute atomic E-state index is 0.205. The van der Waals surface area contributed by atoms with Gasteiger partial charge in [-0.3, -0.25) is 9.59 Å². The topological polar surface area (TPSA) is 52.6 Å². The highest BCUT2D eigenvalue weighted by molar-refractivity contribution is 5.76. The molecule has 0 bridgehead atoms. The van der Waals surface area contributed by atoms with Crippen molar-refractivity contribution < 1.29 is 19.1 Å². The van der Waals surface area contributed by atoms with E-state index < -0.39 is 6.10 Å². The highest BCUT2D eigenvalue weighted by Gasteiger charge is 2.44. The van der Waals surface area contributed by atoms with Crippen LogP contribution in [0.3, 0.4) is 0 Å². The van der Waals surface area contributed by atoms with Gasteiger partial charge in [0.25, 0.3) is 0 Å². The Morgan fingerprint density at radius 1 is 0.852 bits per heavy atom. The molecule has 3 atom stereocenters. The van der Waals surface area contributed by atoms with Gasteiger partial charge >= 0.3 is 11.9 Å². The van der Waals surface area contributed by atoms with E-state index in [1.807, 2.05) is 0 Å². The van der Waals surface area contributed by atoms with Gasteiger partial charge in [-0.05, 0) is 13.3 Å². The summed E-state index contributed by atoms with van der Waals surface area (Å²) in [5.74, 6) is -0.819. The van der Waals surface area contributed by atoms with Crippen LogP contribution in [0.25, 0.3) is 0 Å². The Morgan fingerprint density at radius 2 is 1.30 bits per heavy atom. The van der Waals surface area contributed by atoms with Gasteiger partial charge in [0.15, 0.2) is 6.10 Å². The Kier molecular flexibility index (Phi) is 13.3. The van der Waals surface area contributed by atoms with E-state index in [1.54, 1.807) is 6.92 Å². The molecule has 0 saturated carbocycles. The third kappa shape index (κ3) is 10.8. The number of carbonyl (C=O) groups is 2. The molecule has 0 aromatic heterocycles. The lowest BCUT2D eigenvalue weighted by atomic mass is 9.94. The summed E-state index contributed by atoms with van der Waals surface area (Å²) in [6, 6.07) is 0. The molecule has 0 spiro atoms. The Labute approximate surface area is 166 Å². The van der Waals surface area contributed by atoms with Crippen molar-refractivity contribution in [3.05, 3.63) is 0 Å². The maximum atomic E-state index is 11.9. The summed E-state index contributed by atoms with van der Waals surface area (Å²) in [6.07, 6.45) is 18.5. The quantitative estimate of drug-likeness (QED) is 0.230. The lowest BCUT2D eigenvalue weighted by molar-refractivity contribution is -0.150. The number of unbranched alkanes of at least 4 members (excludes halogenated alkanes) is 13. The lowest BCUT2D eigenvalue weighted by Gasteiger charge is -2.18. The lowest BCUT2D eigenvalue weighted by Crippen LogP contribution is -2.30. The van der Waals surface area contributed by atoms with E-state index in [1.165, 1.54) is 84.0 Å². The molecule has 4 nitrogen and oxygen atoms in total. The average molecular weight is 383 g/mol. The van der Waals surface area contributed by atoms with Gasteiger partial charge in [0, 0.05) is 6.92 Å². The summed E-state index contributed by atoms with van der Waals surface area (Å²) in [4.78, 5) is 23.1. The first-order chi connectivity index (χ1) is 13.1. The molecular weight excluding hydrogens is 340 g/mol. The highest BCUT2D eigenvalue weighted by Crippen LogP contribution is 2.29. The number of rotatable bonds is 16. The first kappa shape index (κ1) is 24.0. The molecular formula is C23H42O4. The number of cyclic esters (lactones) is 1. The fourth-order valence-electron chi connectivity index (χ4n) is 4.01. The molecule has 1 aliphatic rings. The molecule has 158 valence electrons. The third-order valence-corrected chi connectivity index (χ3v) is 5.63. The molecule has 0 amide bonds. The van der Waals surface area contributed by atoms with Crippen molar-refractivity contribution >= 4 is 11.9 Å². The fourth-order valence-corrected chi connectivity index (χ4v) is 4.01. The van der Waals surface area contributed by atoms with Crippen LogP contribution in [0.4, 0.5) is 0 Å². The molecule has 27 heavy (non-hydrogen) atoms. The van der Waals surface area contributed by atoms with E-state index in [0.29, 0.717) is 0 Å². The molecule has 0 aliphatic carbocycles. The van der Waals surface area contributed by atoms with Crippen LogP contribution in [0, 0.1) is 5.92 Å². The summed E-state index contributed by atoms with van der Waals surface area (Å²) in [6.45, 7) is 5.46. The van der Waals surface area contributed by atoms with Gasteiger partial charge in [0.2, 0.25) is 0 Å². The third-order valence-electron chi connectivity index (χ3n) is 5.63. The van der Waals surface area contributed by atoms with Gasteiger partial charge in [-0.2, -0.15) is 0 Å². The molecule has 1 aliphatic heterocycles. The van der Waals surface area contributed by atoms with Crippen molar-refractivity contribution in [1.82, 2.24) is 0 Å². The van der Waals surface area contributed by atoms with Crippen LogP contribution in [-0.2, 0) is 19.1 Å². The predicted molar refractivity (Wildman–Crippen MR) is 110 cm³/mol. The van der Waals surface area contributed by atoms with Crippen molar-refractivity contribution in [1.29, 1.82) is 0 Å². The zero-order valence-corrected chi connectivity index (χ0v) is 18.0. The number of esters is 2. The maximum Gasteiger partial charge on any atom is 0.313 e. The second kappa shape index (κ2) is 14.9. The number of ether oxygens (including phenoxy) is 2. The molecule has 0 unspecified atom stereocenters. The van der Waals surface area contributed by atoms with E-state index in [9.17, 15) is 9.59 Å². The number of hydrogen-bond acceptors (Lipinski definition) is 4. The van der Waals surface area contributed by atoms with Gasteiger partial charge in [-0.25, -0.2) is 0 Å². The molecule has 0 aromatic carbocycles. The Bertz CT molecular complexity index is 407. The van der Waals surface area contributed by atoms with Crippen LogP contribution in [0.5, 0.6) is 0 Å². The van der Waals surface area contributed by atoms with E-state index in [-0.39, 0.29) is 24.0 Å². The van der Waals surface area contributed by atoms with Gasteiger partial charge in [-0.15, -0.1) is 0 Å². The van der Waals surface area contributed by atoms with E-state index >= 15 is 0 Å². The van der Waals surface area contributed by atoms with Gasteiger partial charge in [0.1, 0.15) is 6.10 Å². The van der Waals surface area contributed by atoms with Crippen molar-refractivity contribution in [2.75, 3.05) is 0 Å². The van der Waals surface area contributed by atoms with Crippen LogP contribution in [0.2, 0.25) is 0 Å². The van der Waals surface area contributed by atoms with E-state index in [2.05, 4.69) is 6.92 Å². The second-order valence-corrected chi connectivity index (χ2v) is 8.21. The van der Waals surface area contributed by atoms with Crippen LogP contribution in [0.1, 0.15) is 117 Å². The van der Waals surface area contributed by atoms with Crippen molar-refractivity contribution in [3.63, 3.8) is 0 Å². The SMILES string of the molecule is CCCCCCCCCCCCCCCC[C@H]1C(=O)O[C@@H](C)[C@@H]1OC(C)=O. The summed E-state index contributed by atoms with van der Waals surface area (Å²) < 4.78 is 10.5. The Hall–Kier alpha value is -1.06. The zero-order chi connectivity index (χ0) is 19.9. The molecule has 1 fully saturated rings. The minimum Gasteiger partial charge on any atom is -0.458 e. The summed E-state index contributed by atoms with van der Waals surface area (Å²) in [5.41, 5.74) is 0. The van der Waals surface area contributed by atoms with Crippen LogP contribution < -0.4 is 0 Å². The molecule has 0 aromatic rings. The van der Waals surface area contributed by atoms with Crippen LogP contribution in [0.15, 0.2) is 0 Å². The summed E-state index contributed by atoms with van der Waals surface area (Å²) in [5, 5.41) is 0. The van der Waals surface area contributed by atoms with Crippen molar-refractivity contribution in [2.45, 2.75) is 129 Å². The van der Waals surface area contributed by atoms with Gasteiger partial charge in [-0.1, -0.05) is 96.8 Å². The van der Waals surface area contributed by atoms with Crippen LogP contribution >= 0.6 is 0 Å². The highest BCUT2D eigenvalue weighted by atomic mass is 16.6. The maximum absolute atomic E-state index is 11.9. The molecule has 1 heterocycles. The fraction of sp³-hybridized carbons (Fsp3) is 0.913. The smallest absolute Gasteiger partial charge is 0.313 e. The largest absolute Gasteiger partial charge is 0.458 e. The molecule has 1 rings (SSSR count). The first-order valence-corrected chi connectivity index (χ1v) is 11.4. The van der Waals surface area contributed by atoms with E-state index in [0.717, 1.165) is 19.3 Å². The predicted octanol–water partition coefficient (Wildman–Crippen LogP) is 6.35. The van der Waals surface area contributed by atoms with Gasteiger partial charge in [0.05, 0.1) is 5.92 Å². The normalized spacial score (nSPS) is 22.0. The molecule has 1 saturated heterocycles. The number of hydrogen-bond donors (Lipinski definition) is 0. The number of carbonyl (C=O) groups excluding carboxylic acids is 2. The summed E-state index contributed by atoms with van der Waals surface area (Å²) >= 11 is 0. The molecule has 4 heteroatoms.